The van der Waals surface area contributed by atoms with E-state index in [2.05, 4.69) is 51.2 Å². The Bertz CT molecular complexity index is 1670. The van der Waals surface area contributed by atoms with Gasteiger partial charge in [-0.05, 0) is 67.3 Å². The molecule has 0 spiro atoms. The van der Waals surface area contributed by atoms with Crippen molar-refractivity contribution in [2.45, 2.75) is 71.9 Å². The zero-order valence-electron chi connectivity index (χ0n) is 25.3. The molecule has 43 heavy (non-hydrogen) atoms. The smallest absolute Gasteiger partial charge is 0.265 e. The lowest BCUT2D eigenvalue weighted by Crippen LogP contribution is -2.53. The van der Waals surface area contributed by atoms with Crippen LogP contribution in [0.5, 0.6) is 0 Å². The quantitative estimate of drug-likeness (QED) is 0.228. The van der Waals surface area contributed by atoms with E-state index in [9.17, 15) is 9.59 Å². The average Bonchev–Trinajstić information content (AvgIpc) is 3.63. The number of aryl methyl sites for hydroxylation is 2. The van der Waals surface area contributed by atoms with Crippen molar-refractivity contribution in [3.05, 3.63) is 91.7 Å². The third-order valence-corrected chi connectivity index (χ3v) is 9.83. The van der Waals surface area contributed by atoms with Gasteiger partial charge in [-0.25, -0.2) is 4.98 Å². The van der Waals surface area contributed by atoms with Crippen molar-refractivity contribution < 1.29 is 4.79 Å². The number of hydrogen-bond acceptors (Lipinski definition) is 5. The normalized spacial score (nSPS) is 18.0. The number of benzene rings is 2. The standard InChI is InChI=1S/C35H39ClN4O2S/c1-5-22-8-7-9-23(6-2)32(22)40-31(16-21(3)4)28(34(41)39-18-26-14-15-27(19-39)37-26)17-29(35(40)42)33-38-30(20-43-33)24-10-12-25(36)13-11-24/h7-13,17,20-21,26-27,37H,5-6,14-16,18-19H2,1-4H3/t26-,27+. The zero-order valence-corrected chi connectivity index (χ0v) is 26.9. The Morgan fingerprint density at radius 2 is 1.70 bits per heavy atom. The molecule has 1 N–H and O–H groups in total. The molecule has 1 amide bonds. The van der Waals surface area contributed by atoms with Crippen molar-refractivity contribution in [3.63, 3.8) is 0 Å². The summed E-state index contributed by atoms with van der Waals surface area (Å²) in [6, 6.07) is 16.3. The fourth-order valence-electron chi connectivity index (χ4n) is 6.60. The highest BCUT2D eigenvalue weighted by Crippen LogP contribution is 2.33. The van der Waals surface area contributed by atoms with Crippen molar-refractivity contribution in [1.29, 1.82) is 0 Å². The lowest BCUT2D eigenvalue weighted by molar-refractivity contribution is 0.0695. The Kier molecular flexibility index (Phi) is 8.58. The zero-order chi connectivity index (χ0) is 30.2. The Labute approximate surface area is 262 Å². The predicted molar refractivity (Wildman–Crippen MR) is 177 cm³/mol. The number of piperazine rings is 1. The van der Waals surface area contributed by atoms with Crippen LogP contribution in [0.1, 0.15) is 67.7 Å². The van der Waals surface area contributed by atoms with Crippen LogP contribution in [0.2, 0.25) is 5.02 Å². The Morgan fingerprint density at radius 3 is 2.30 bits per heavy atom. The molecule has 4 heterocycles. The molecular weight excluding hydrogens is 576 g/mol. The Morgan fingerprint density at radius 1 is 1.05 bits per heavy atom. The highest BCUT2D eigenvalue weighted by Gasteiger charge is 2.36. The molecule has 0 saturated carbocycles. The van der Waals surface area contributed by atoms with E-state index in [0.717, 1.165) is 59.4 Å². The average molecular weight is 615 g/mol. The fraction of sp³-hybridized carbons (Fsp3) is 0.400. The minimum Gasteiger partial charge on any atom is -0.335 e. The van der Waals surface area contributed by atoms with E-state index in [4.69, 9.17) is 16.6 Å². The van der Waals surface area contributed by atoms with Gasteiger partial charge in [0.2, 0.25) is 0 Å². The minimum absolute atomic E-state index is 0.00515. The molecule has 2 aliphatic heterocycles. The molecular formula is C35H39ClN4O2S. The first kappa shape index (κ1) is 29.8. The number of carbonyl (C=O) groups excluding carboxylic acids is 1. The molecule has 0 aliphatic carbocycles. The number of nitrogens with zero attached hydrogens (tertiary/aromatic N) is 3. The van der Waals surface area contributed by atoms with E-state index in [1.54, 1.807) is 0 Å². The van der Waals surface area contributed by atoms with Crippen LogP contribution in [0, 0.1) is 5.92 Å². The molecule has 2 fully saturated rings. The number of fused-ring (bicyclic) bond motifs is 2. The van der Waals surface area contributed by atoms with Crippen LogP contribution in [0.3, 0.4) is 0 Å². The first-order valence-electron chi connectivity index (χ1n) is 15.4. The number of carbonyl (C=O) groups is 1. The van der Waals surface area contributed by atoms with Gasteiger partial charge in [-0.2, -0.15) is 0 Å². The van der Waals surface area contributed by atoms with Crippen LogP contribution < -0.4 is 10.9 Å². The molecule has 6 nitrogen and oxygen atoms in total. The SMILES string of the molecule is CCc1cccc(CC)c1-n1c(CC(C)C)c(C(=O)N2C[C@H]3CC[C@@H](C2)N3)cc(-c2nc(-c3ccc(Cl)cc3)cs2)c1=O. The highest BCUT2D eigenvalue weighted by molar-refractivity contribution is 7.13. The lowest BCUT2D eigenvalue weighted by Gasteiger charge is -2.34. The van der Waals surface area contributed by atoms with Gasteiger partial charge in [-0.1, -0.05) is 69.6 Å². The maximum absolute atomic E-state index is 14.7. The summed E-state index contributed by atoms with van der Waals surface area (Å²) in [4.78, 5) is 36.2. The molecule has 4 aromatic rings. The topological polar surface area (TPSA) is 67.2 Å². The van der Waals surface area contributed by atoms with Gasteiger partial charge in [-0.15, -0.1) is 11.3 Å². The molecule has 2 bridgehead atoms. The largest absolute Gasteiger partial charge is 0.335 e. The van der Waals surface area contributed by atoms with Gasteiger partial charge in [0.1, 0.15) is 5.01 Å². The highest BCUT2D eigenvalue weighted by atomic mass is 35.5. The molecule has 224 valence electrons. The van der Waals surface area contributed by atoms with E-state index >= 15 is 0 Å². The number of aromatic nitrogens is 2. The number of para-hydroxylation sites is 1. The van der Waals surface area contributed by atoms with Gasteiger partial charge in [0.15, 0.2) is 0 Å². The number of nitrogens with one attached hydrogen (secondary N) is 1. The van der Waals surface area contributed by atoms with E-state index in [1.807, 2.05) is 45.2 Å². The first-order valence-corrected chi connectivity index (χ1v) is 16.7. The molecule has 2 saturated heterocycles. The summed E-state index contributed by atoms with van der Waals surface area (Å²) in [5.74, 6) is 0.253. The number of hydrogen-bond donors (Lipinski definition) is 1. The summed E-state index contributed by atoms with van der Waals surface area (Å²) >= 11 is 7.56. The van der Waals surface area contributed by atoms with Crippen molar-refractivity contribution in [1.82, 2.24) is 19.8 Å². The van der Waals surface area contributed by atoms with Crippen molar-refractivity contribution >= 4 is 28.8 Å². The maximum Gasteiger partial charge on any atom is 0.265 e. The van der Waals surface area contributed by atoms with Crippen LogP contribution in [0.15, 0.2) is 58.7 Å². The summed E-state index contributed by atoms with van der Waals surface area (Å²) in [6.07, 6.45) is 4.36. The van der Waals surface area contributed by atoms with E-state index in [-0.39, 0.29) is 17.4 Å². The van der Waals surface area contributed by atoms with Crippen LogP contribution in [0.4, 0.5) is 0 Å². The second kappa shape index (κ2) is 12.4. The molecule has 2 aromatic carbocycles. The maximum atomic E-state index is 14.7. The third-order valence-electron chi connectivity index (χ3n) is 8.70. The third kappa shape index (κ3) is 5.83. The Hall–Kier alpha value is -3.26. The number of amides is 1. The molecule has 0 unspecified atom stereocenters. The summed E-state index contributed by atoms with van der Waals surface area (Å²) in [7, 11) is 0. The molecule has 2 aliphatic rings. The molecule has 0 radical (unpaired) electrons. The second-order valence-electron chi connectivity index (χ2n) is 12.2. The number of pyridine rings is 1. The lowest BCUT2D eigenvalue weighted by atomic mass is 9.96. The van der Waals surface area contributed by atoms with Gasteiger partial charge in [-0.3, -0.25) is 14.2 Å². The van der Waals surface area contributed by atoms with Crippen molar-refractivity contribution in [2.75, 3.05) is 13.1 Å². The fourth-order valence-corrected chi connectivity index (χ4v) is 7.56. The van der Waals surface area contributed by atoms with Crippen LogP contribution in [-0.4, -0.2) is 45.5 Å². The summed E-state index contributed by atoms with van der Waals surface area (Å²) < 4.78 is 1.88. The summed E-state index contributed by atoms with van der Waals surface area (Å²) in [5, 5.41) is 6.89. The molecule has 2 aromatic heterocycles. The van der Waals surface area contributed by atoms with Crippen molar-refractivity contribution in [3.8, 4) is 27.5 Å². The number of halogens is 1. The number of likely N-dealkylation sites (tertiary alicyclic amines) is 1. The van der Waals surface area contributed by atoms with E-state index in [0.29, 0.717) is 52.8 Å². The van der Waals surface area contributed by atoms with Crippen molar-refractivity contribution in [2.24, 2.45) is 5.92 Å². The monoisotopic (exact) mass is 614 g/mol. The van der Waals surface area contributed by atoms with Crippen LogP contribution in [0.25, 0.3) is 27.5 Å². The molecule has 2 atom stereocenters. The van der Waals surface area contributed by atoms with Crippen LogP contribution in [-0.2, 0) is 19.3 Å². The Balaban J connectivity index is 1.60. The van der Waals surface area contributed by atoms with E-state index < -0.39 is 0 Å². The van der Waals surface area contributed by atoms with Gasteiger partial charge in [0, 0.05) is 46.8 Å². The van der Waals surface area contributed by atoms with E-state index in [1.165, 1.54) is 11.3 Å². The van der Waals surface area contributed by atoms with Gasteiger partial charge >= 0.3 is 0 Å². The van der Waals surface area contributed by atoms with Gasteiger partial charge < -0.3 is 10.2 Å². The van der Waals surface area contributed by atoms with Gasteiger partial charge in [0.25, 0.3) is 11.5 Å². The minimum atomic E-state index is -0.125. The van der Waals surface area contributed by atoms with Gasteiger partial charge in [0.05, 0.1) is 22.5 Å². The van der Waals surface area contributed by atoms with Crippen LogP contribution >= 0.6 is 22.9 Å². The number of rotatable bonds is 8. The molecule has 6 rings (SSSR count). The summed E-state index contributed by atoms with van der Waals surface area (Å²) in [5.41, 5.74) is 6.58. The number of thiazole rings is 1. The second-order valence-corrected chi connectivity index (χ2v) is 13.5. The predicted octanol–water partition coefficient (Wildman–Crippen LogP) is 7.18. The first-order chi connectivity index (χ1) is 20.8. The summed E-state index contributed by atoms with van der Waals surface area (Å²) in [6.45, 7) is 9.92. The molecule has 8 heteroatoms.